The van der Waals surface area contributed by atoms with E-state index in [2.05, 4.69) is 189 Å². The van der Waals surface area contributed by atoms with Crippen LogP contribution in [0.1, 0.15) is 128 Å². The lowest BCUT2D eigenvalue weighted by Gasteiger charge is -2.38. The van der Waals surface area contributed by atoms with Crippen LogP contribution in [0.5, 0.6) is 0 Å². The number of fused-ring (bicyclic) bond motifs is 6. The maximum atomic E-state index is 10.7. The molecule has 8 aromatic rings. The van der Waals surface area contributed by atoms with Gasteiger partial charge < -0.3 is 8.47 Å². The zero-order chi connectivity index (χ0) is 45.6. The fraction of sp³-hybridized carbons (Fsp3) is 0.286. The van der Waals surface area contributed by atoms with Crippen LogP contribution in [0, 0.1) is 45.3 Å². The molecule has 0 saturated carbocycles. The van der Waals surface area contributed by atoms with Crippen LogP contribution in [0.3, 0.4) is 0 Å². The summed E-state index contributed by atoms with van der Waals surface area (Å²) in [5.74, 6) is 0. The fourth-order valence-corrected chi connectivity index (χ4v) is 14.5. The first-order valence-electron chi connectivity index (χ1n) is 21.7. The van der Waals surface area contributed by atoms with Gasteiger partial charge in [-0.1, -0.05) is 107 Å². The predicted molar refractivity (Wildman–Crippen MR) is 261 cm³/mol. The van der Waals surface area contributed by atoms with Gasteiger partial charge in [-0.05, 0) is 139 Å². The Morgan fingerprint density at radius 3 is 0.746 bits per heavy atom. The Morgan fingerprint density at radius 2 is 0.556 bits per heavy atom. The molecule has 2 aromatic heterocycles. The molecular weight excluding hydrogens is 785 g/mol. The van der Waals surface area contributed by atoms with Crippen LogP contribution in [-0.2, 0) is 21.7 Å². The van der Waals surface area contributed by atoms with E-state index in [1.807, 2.05) is 24.3 Å². The van der Waals surface area contributed by atoms with Crippen molar-refractivity contribution in [3.05, 3.63) is 154 Å². The van der Waals surface area contributed by atoms with E-state index in [0.717, 1.165) is 54.0 Å². The van der Waals surface area contributed by atoms with Crippen LogP contribution >= 0.6 is 0 Å². The highest BCUT2D eigenvalue weighted by Gasteiger charge is 2.48. The highest BCUT2D eigenvalue weighted by atomic mass is 28.3. The topological polar surface area (TPSA) is 105 Å². The van der Waals surface area contributed by atoms with Crippen LogP contribution in [0.15, 0.2) is 109 Å². The Bertz CT molecular complexity index is 2940. The molecule has 7 heteroatoms. The van der Waals surface area contributed by atoms with Crippen LogP contribution in [0.25, 0.3) is 43.6 Å². The minimum absolute atomic E-state index is 0.146. The van der Waals surface area contributed by atoms with Crippen molar-refractivity contribution >= 4 is 62.4 Å². The second-order valence-corrected chi connectivity index (χ2v) is 24.7. The van der Waals surface area contributed by atoms with Crippen molar-refractivity contribution in [3.8, 4) is 24.3 Å². The van der Waals surface area contributed by atoms with Crippen LogP contribution in [-0.4, -0.2) is 16.9 Å². The zero-order valence-corrected chi connectivity index (χ0v) is 39.6. The molecule has 0 bridgehead atoms. The summed E-state index contributed by atoms with van der Waals surface area (Å²) < 4.78 is 4.97. The zero-order valence-electron chi connectivity index (χ0n) is 38.6. The van der Waals surface area contributed by atoms with E-state index in [-0.39, 0.29) is 21.7 Å². The van der Waals surface area contributed by atoms with Gasteiger partial charge in [0.1, 0.15) is 0 Å². The lowest BCUT2D eigenvalue weighted by atomic mass is 9.85. The van der Waals surface area contributed by atoms with Crippen molar-refractivity contribution in [1.82, 2.24) is 8.47 Å². The van der Waals surface area contributed by atoms with Gasteiger partial charge in [-0.2, -0.15) is 21.0 Å². The van der Waals surface area contributed by atoms with Gasteiger partial charge in [0.15, 0.2) is 0 Å². The monoisotopic (exact) mass is 838 g/mol. The van der Waals surface area contributed by atoms with Gasteiger partial charge in [0.25, 0.3) is 0 Å². The summed E-state index contributed by atoms with van der Waals surface area (Å²) >= 11 is 0. The maximum absolute atomic E-state index is 10.7. The molecule has 0 unspecified atom stereocenters. The molecule has 0 N–H and O–H groups in total. The Morgan fingerprint density at radius 1 is 0.333 bits per heavy atom. The van der Waals surface area contributed by atoms with E-state index in [1.54, 1.807) is 12.1 Å². The molecule has 6 aromatic carbocycles. The van der Waals surface area contributed by atoms with E-state index in [4.69, 9.17) is 0 Å². The molecule has 63 heavy (non-hydrogen) atoms. The molecule has 2 heterocycles. The van der Waals surface area contributed by atoms with Crippen molar-refractivity contribution in [2.45, 2.75) is 105 Å². The second kappa shape index (κ2) is 14.6. The van der Waals surface area contributed by atoms with Crippen LogP contribution in [0.2, 0.25) is 0 Å². The minimum Gasteiger partial charge on any atom is -0.342 e. The number of aromatic nitrogens is 2. The first-order valence-corrected chi connectivity index (χ1v) is 23.5. The first kappa shape index (κ1) is 42.8. The average molecular weight is 839 g/mol. The summed E-state index contributed by atoms with van der Waals surface area (Å²) in [5, 5.41) is 48.7. The van der Waals surface area contributed by atoms with E-state index in [1.165, 1.54) is 22.3 Å². The summed E-state index contributed by atoms with van der Waals surface area (Å²) in [4.78, 5) is 0. The molecule has 8 rings (SSSR count). The SMILES string of the molecule is CC(C)(C)c1ccc2c(c1)c1cc(C(C)(C)C)ccc1n2[Si](c1cc(C#N)cc(C#N)c1)(c1cc(C#N)cc(C#N)c1)n1c2ccc(C(C)(C)C)cc2c2cc(C(C)(C)C)ccc21. The van der Waals surface area contributed by atoms with Gasteiger partial charge in [0.2, 0.25) is 0 Å². The predicted octanol–water partition coefficient (Wildman–Crippen LogP) is 12.2. The smallest absolute Gasteiger partial charge is 0.340 e. The van der Waals surface area contributed by atoms with Gasteiger partial charge in [-0.15, -0.1) is 0 Å². The molecule has 0 amide bonds. The molecule has 0 atom stereocenters. The fourth-order valence-electron chi connectivity index (χ4n) is 9.31. The molecule has 0 aliphatic rings. The Labute approximate surface area is 373 Å². The van der Waals surface area contributed by atoms with E-state index >= 15 is 0 Å². The standard InChI is InChI=1S/C56H54N6Si/c1-53(2,3)39-13-17-49-45(27-39)46-28-40(54(4,5)6)14-18-50(46)61(49)63(43-23-35(31-57)21-36(24-43)32-58,44-25-37(33-59)22-38(26-44)34-60)62-51-19-15-41(55(7,8)9)29-47(51)48-30-42(56(10,11)12)16-20-52(48)62/h13-30H,1-12H3. The highest BCUT2D eigenvalue weighted by Crippen LogP contribution is 2.42. The molecule has 0 spiro atoms. The number of rotatable bonds is 4. The van der Waals surface area contributed by atoms with E-state index < -0.39 is 8.40 Å². The van der Waals surface area contributed by atoms with Crippen molar-refractivity contribution in [2.24, 2.45) is 0 Å². The largest absolute Gasteiger partial charge is 0.342 e. The maximum Gasteiger partial charge on any atom is 0.340 e. The number of hydrogen-bond donors (Lipinski definition) is 0. The molecular formula is C56H54N6Si. The lowest BCUT2D eigenvalue weighted by Crippen LogP contribution is -2.69. The average Bonchev–Trinajstić information content (AvgIpc) is 3.74. The molecule has 0 fully saturated rings. The Kier molecular flexibility index (Phi) is 9.91. The molecule has 0 saturated heterocycles. The summed E-state index contributed by atoms with van der Waals surface area (Å²) in [5.41, 5.74) is 9.53. The molecule has 0 radical (unpaired) electrons. The molecule has 0 aliphatic carbocycles. The summed E-state index contributed by atoms with van der Waals surface area (Å²) in [6, 6.07) is 47.7. The summed E-state index contributed by atoms with van der Waals surface area (Å²) in [6.07, 6.45) is 0. The molecule has 312 valence electrons. The molecule has 0 aliphatic heterocycles. The van der Waals surface area contributed by atoms with Crippen LogP contribution < -0.4 is 10.4 Å². The van der Waals surface area contributed by atoms with Crippen molar-refractivity contribution in [2.75, 3.05) is 0 Å². The van der Waals surface area contributed by atoms with Crippen molar-refractivity contribution in [3.63, 3.8) is 0 Å². The number of benzene rings is 6. The third-order valence-corrected chi connectivity index (χ3v) is 17.3. The third-order valence-electron chi connectivity index (χ3n) is 12.8. The van der Waals surface area contributed by atoms with E-state index in [0.29, 0.717) is 22.3 Å². The Hall–Kier alpha value is -6.90. The Balaban J connectivity index is 1.77. The number of hydrogen-bond acceptors (Lipinski definition) is 4. The van der Waals surface area contributed by atoms with E-state index in [9.17, 15) is 21.0 Å². The molecule has 6 nitrogen and oxygen atoms in total. The third kappa shape index (κ3) is 6.99. The second-order valence-electron chi connectivity index (χ2n) is 21.3. The number of nitrogens with zero attached hydrogens (tertiary/aromatic N) is 6. The van der Waals surface area contributed by atoms with Gasteiger partial charge >= 0.3 is 8.40 Å². The quantitative estimate of drug-likeness (QED) is 0.165. The summed E-state index contributed by atoms with van der Waals surface area (Å²) in [7, 11) is -4.07. The van der Waals surface area contributed by atoms with Crippen molar-refractivity contribution in [1.29, 1.82) is 21.0 Å². The van der Waals surface area contributed by atoms with Crippen LogP contribution in [0.4, 0.5) is 0 Å². The van der Waals surface area contributed by atoms with Crippen molar-refractivity contribution < 1.29 is 0 Å². The normalized spacial score (nSPS) is 12.7. The number of nitriles is 4. The van der Waals surface area contributed by atoms with Gasteiger partial charge in [-0.25, -0.2) is 0 Å². The van der Waals surface area contributed by atoms with Gasteiger partial charge in [0.05, 0.1) is 46.5 Å². The first-order chi connectivity index (χ1) is 29.5. The highest BCUT2D eigenvalue weighted by molar-refractivity contribution is 7.02. The van der Waals surface area contributed by atoms with Gasteiger partial charge in [0, 0.05) is 43.6 Å². The lowest BCUT2D eigenvalue weighted by molar-refractivity contribution is 0.590. The summed E-state index contributed by atoms with van der Waals surface area (Å²) in [6.45, 7) is 26.8. The van der Waals surface area contributed by atoms with Gasteiger partial charge in [-0.3, -0.25) is 0 Å². The minimum atomic E-state index is -4.07.